The van der Waals surface area contributed by atoms with E-state index >= 15 is 0 Å². The van der Waals surface area contributed by atoms with E-state index < -0.39 is 0 Å². The summed E-state index contributed by atoms with van der Waals surface area (Å²) in [7, 11) is 0. The van der Waals surface area contributed by atoms with Gasteiger partial charge in [-0.3, -0.25) is 0 Å². The number of hydrogen-bond donors (Lipinski definition) is 2. The summed E-state index contributed by atoms with van der Waals surface area (Å²) >= 11 is 0. The van der Waals surface area contributed by atoms with E-state index in [9.17, 15) is 4.39 Å². The molecule has 5 nitrogen and oxygen atoms in total. The van der Waals surface area contributed by atoms with Crippen molar-refractivity contribution >= 4 is 29.9 Å². The van der Waals surface area contributed by atoms with Crippen LogP contribution >= 0.6 is 24.0 Å². The van der Waals surface area contributed by atoms with Crippen LogP contribution in [0.1, 0.15) is 12.5 Å². The van der Waals surface area contributed by atoms with Gasteiger partial charge in [-0.05, 0) is 24.6 Å². The number of aromatic nitrogens is 1. The van der Waals surface area contributed by atoms with Crippen molar-refractivity contribution in [3.63, 3.8) is 0 Å². The minimum Gasteiger partial charge on any atom is -0.439 e. The lowest BCUT2D eigenvalue weighted by atomic mass is 10.3. The lowest BCUT2D eigenvalue weighted by molar-refractivity contribution is 0.457. The molecular weight excluding hydrogens is 422 g/mol. The van der Waals surface area contributed by atoms with Gasteiger partial charge in [0.05, 0.1) is 6.54 Å². The highest BCUT2D eigenvalue weighted by Gasteiger charge is 2.01. The largest absolute Gasteiger partial charge is 0.439 e. The lowest BCUT2D eigenvalue weighted by Gasteiger charge is -2.06. The van der Waals surface area contributed by atoms with Crippen molar-refractivity contribution in [1.82, 2.24) is 10.3 Å². The first kappa shape index (κ1) is 19.9. The van der Waals surface area contributed by atoms with Gasteiger partial charge in [-0.1, -0.05) is 24.3 Å². The van der Waals surface area contributed by atoms with Gasteiger partial charge in [0.15, 0.2) is 5.96 Å². The lowest BCUT2D eigenvalue weighted by Crippen LogP contribution is -2.32. The number of guanidine groups is 1. The Morgan fingerprint density at radius 1 is 1.38 bits per heavy atom. The molecule has 24 heavy (non-hydrogen) atoms. The van der Waals surface area contributed by atoms with Gasteiger partial charge in [0, 0.05) is 24.9 Å². The molecular formula is C17H20FIN4O. The van der Waals surface area contributed by atoms with Crippen molar-refractivity contribution in [3.05, 3.63) is 66.1 Å². The van der Waals surface area contributed by atoms with E-state index in [1.54, 1.807) is 24.4 Å². The molecule has 0 bridgehead atoms. The van der Waals surface area contributed by atoms with Crippen molar-refractivity contribution in [1.29, 1.82) is 0 Å². The molecule has 1 aromatic carbocycles. The Morgan fingerprint density at radius 2 is 2.17 bits per heavy atom. The molecule has 1 heterocycles. The van der Waals surface area contributed by atoms with Crippen molar-refractivity contribution in [2.75, 3.05) is 6.54 Å². The van der Waals surface area contributed by atoms with Gasteiger partial charge in [0.2, 0.25) is 5.88 Å². The van der Waals surface area contributed by atoms with Crippen molar-refractivity contribution in [3.8, 4) is 11.6 Å². The van der Waals surface area contributed by atoms with E-state index in [0.29, 0.717) is 30.7 Å². The molecule has 0 atom stereocenters. The van der Waals surface area contributed by atoms with Gasteiger partial charge in [0.1, 0.15) is 11.6 Å². The van der Waals surface area contributed by atoms with Crippen LogP contribution in [0.15, 0.2) is 59.7 Å². The summed E-state index contributed by atoms with van der Waals surface area (Å²) in [5.41, 5.74) is 7.59. The Bertz CT molecular complexity index is 704. The molecule has 0 saturated carbocycles. The predicted molar refractivity (Wildman–Crippen MR) is 104 cm³/mol. The fourth-order valence-corrected chi connectivity index (χ4v) is 1.69. The molecule has 7 heteroatoms. The number of aliphatic imine (C=N–C) groups is 1. The zero-order valence-electron chi connectivity index (χ0n) is 13.3. The van der Waals surface area contributed by atoms with Crippen LogP contribution in [0, 0.1) is 5.82 Å². The molecule has 0 aliphatic heterocycles. The Kier molecular flexibility index (Phi) is 8.17. The molecule has 0 fully saturated rings. The Balaban J connectivity index is 0.00000288. The number of nitrogens with two attached hydrogens (primary N) is 1. The first-order valence-electron chi connectivity index (χ1n) is 7.09. The molecule has 1 aromatic heterocycles. The zero-order valence-corrected chi connectivity index (χ0v) is 15.7. The number of halogens is 2. The van der Waals surface area contributed by atoms with E-state index in [-0.39, 0.29) is 29.8 Å². The number of nitrogens with zero attached hydrogens (tertiary/aromatic N) is 2. The van der Waals surface area contributed by atoms with Crippen LogP contribution in [0.3, 0.4) is 0 Å². The maximum Gasteiger partial charge on any atom is 0.219 e. The molecule has 0 spiro atoms. The van der Waals surface area contributed by atoms with E-state index in [2.05, 4.69) is 21.9 Å². The molecule has 3 N–H and O–H groups in total. The SMILES string of the molecule is C=C(C)CNC(N)=NCc1ccc(Oc2cccc(F)c2)nc1.I. The van der Waals surface area contributed by atoms with Crippen molar-refractivity contribution < 1.29 is 9.13 Å². The second-order valence-electron chi connectivity index (χ2n) is 5.08. The average molecular weight is 442 g/mol. The maximum absolute atomic E-state index is 13.1. The summed E-state index contributed by atoms with van der Waals surface area (Å²) in [6, 6.07) is 9.43. The second kappa shape index (κ2) is 9.86. The number of pyridine rings is 1. The summed E-state index contributed by atoms with van der Waals surface area (Å²) < 4.78 is 18.6. The van der Waals surface area contributed by atoms with E-state index in [1.165, 1.54) is 12.1 Å². The van der Waals surface area contributed by atoms with Crippen LogP contribution in [0.25, 0.3) is 0 Å². The van der Waals surface area contributed by atoms with E-state index in [4.69, 9.17) is 10.5 Å². The summed E-state index contributed by atoms with van der Waals surface area (Å²) in [4.78, 5) is 8.37. The number of rotatable bonds is 6. The molecule has 0 unspecified atom stereocenters. The fraction of sp³-hybridized carbons (Fsp3) is 0.176. The van der Waals surface area contributed by atoms with Crippen LogP contribution in [-0.2, 0) is 6.54 Å². The summed E-state index contributed by atoms with van der Waals surface area (Å²) in [5, 5.41) is 2.95. The highest BCUT2D eigenvalue weighted by molar-refractivity contribution is 14.0. The number of ether oxygens (including phenoxy) is 1. The fourth-order valence-electron chi connectivity index (χ4n) is 1.69. The van der Waals surface area contributed by atoms with Crippen molar-refractivity contribution in [2.45, 2.75) is 13.5 Å². The standard InChI is InChI=1S/C17H19FN4O.HI/c1-12(2)9-21-17(19)22-11-13-6-7-16(20-10-13)23-15-5-3-4-14(18)8-15;/h3-8,10H,1,9,11H2,2H3,(H3,19,21,22);1H. The number of nitrogens with one attached hydrogen (secondary N) is 1. The topological polar surface area (TPSA) is 72.5 Å². The normalized spacial score (nSPS) is 10.7. The quantitative estimate of drug-likeness (QED) is 0.310. The molecule has 2 rings (SSSR count). The van der Waals surface area contributed by atoms with Gasteiger partial charge in [-0.2, -0.15) is 0 Å². The Morgan fingerprint density at radius 3 is 2.79 bits per heavy atom. The summed E-state index contributed by atoms with van der Waals surface area (Å²) in [6.07, 6.45) is 1.64. The van der Waals surface area contributed by atoms with E-state index in [0.717, 1.165) is 11.1 Å². The predicted octanol–water partition coefficient (Wildman–Crippen LogP) is 3.61. The smallest absolute Gasteiger partial charge is 0.219 e. The first-order chi connectivity index (χ1) is 11.0. The summed E-state index contributed by atoms with van der Waals surface area (Å²) in [5.74, 6) is 0.785. The molecule has 0 saturated heterocycles. The minimum atomic E-state index is -0.355. The molecule has 128 valence electrons. The van der Waals surface area contributed by atoms with Crippen LogP contribution in [0.2, 0.25) is 0 Å². The highest BCUT2D eigenvalue weighted by Crippen LogP contribution is 2.20. The van der Waals surface area contributed by atoms with E-state index in [1.807, 2.05) is 13.0 Å². The third kappa shape index (κ3) is 6.95. The van der Waals surface area contributed by atoms with Crippen LogP contribution < -0.4 is 15.8 Å². The van der Waals surface area contributed by atoms with Gasteiger partial charge >= 0.3 is 0 Å². The highest BCUT2D eigenvalue weighted by atomic mass is 127. The first-order valence-corrected chi connectivity index (χ1v) is 7.09. The molecule has 0 radical (unpaired) electrons. The molecule has 0 amide bonds. The monoisotopic (exact) mass is 442 g/mol. The Hall–Kier alpha value is -2.16. The van der Waals surface area contributed by atoms with Crippen LogP contribution in [0.4, 0.5) is 4.39 Å². The van der Waals surface area contributed by atoms with Gasteiger partial charge in [0.25, 0.3) is 0 Å². The molecule has 2 aromatic rings. The zero-order chi connectivity index (χ0) is 16.7. The van der Waals surface area contributed by atoms with Gasteiger partial charge in [-0.25, -0.2) is 14.4 Å². The van der Waals surface area contributed by atoms with Gasteiger partial charge in [-0.15, -0.1) is 24.0 Å². The molecule has 0 aliphatic carbocycles. The maximum atomic E-state index is 13.1. The third-order valence-corrected chi connectivity index (χ3v) is 2.82. The molecule has 0 aliphatic rings. The minimum absolute atomic E-state index is 0. The average Bonchev–Trinajstić information content (AvgIpc) is 2.52. The number of benzene rings is 1. The van der Waals surface area contributed by atoms with Crippen molar-refractivity contribution in [2.24, 2.45) is 10.7 Å². The third-order valence-electron chi connectivity index (χ3n) is 2.82. The van der Waals surface area contributed by atoms with Crippen LogP contribution in [0.5, 0.6) is 11.6 Å². The van der Waals surface area contributed by atoms with Gasteiger partial charge < -0.3 is 15.8 Å². The number of hydrogen-bond acceptors (Lipinski definition) is 3. The summed E-state index contributed by atoms with van der Waals surface area (Å²) in [6.45, 7) is 6.68. The van der Waals surface area contributed by atoms with Crippen LogP contribution in [-0.4, -0.2) is 17.5 Å². The Labute approximate surface area is 157 Å². The second-order valence-corrected chi connectivity index (χ2v) is 5.08.